The van der Waals surface area contributed by atoms with E-state index in [1.54, 1.807) is 19.1 Å². The van der Waals surface area contributed by atoms with Gasteiger partial charge in [-0.25, -0.2) is 5.06 Å². The molecule has 1 aromatic heterocycles. The van der Waals surface area contributed by atoms with Crippen molar-refractivity contribution in [3.05, 3.63) is 20.8 Å². The van der Waals surface area contributed by atoms with Gasteiger partial charge in [0.05, 0.1) is 15.8 Å². The fourth-order valence-electron chi connectivity index (χ4n) is 1.13. The molecule has 0 saturated carbocycles. The Morgan fingerprint density at radius 3 is 2.65 bits per heavy atom. The molecule has 0 aromatic carbocycles. The Morgan fingerprint density at radius 2 is 2.18 bits per heavy atom. The number of thiophene rings is 1. The maximum Gasteiger partial charge on any atom is 0.268 e. The Hall–Kier alpha value is -0.920. The van der Waals surface area contributed by atoms with Gasteiger partial charge in [0.25, 0.3) is 11.8 Å². The number of hydroxylamine groups is 2. The van der Waals surface area contributed by atoms with E-state index in [4.69, 9.17) is 4.84 Å². The molecule has 1 heterocycles. The van der Waals surface area contributed by atoms with Gasteiger partial charge in [-0.15, -0.1) is 11.3 Å². The number of hydrogen-bond donors (Lipinski definition) is 1. The van der Waals surface area contributed by atoms with E-state index in [1.165, 1.54) is 25.5 Å². The monoisotopic (exact) mass is 320 g/mol. The van der Waals surface area contributed by atoms with Crippen molar-refractivity contribution < 1.29 is 14.4 Å². The van der Waals surface area contributed by atoms with Crippen molar-refractivity contribution in [3.8, 4) is 0 Å². The molecule has 1 aromatic rings. The summed E-state index contributed by atoms with van der Waals surface area (Å²) >= 11 is 4.59. The zero-order valence-corrected chi connectivity index (χ0v) is 12.1. The van der Waals surface area contributed by atoms with Crippen LogP contribution in [0, 0.1) is 0 Å². The maximum absolute atomic E-state index is 11.8. The number of likely N-dealkylation sites (N-methyl/N-ethyl adjacent to an activating group) is 1. The van der Waals surface area contributed by atoms with E-state index in [0.717, 1.165) is 8.85 Å². The van der Waals surface area contributed by atoms with Crippen molar-refractivity contribution >= 4 is 39.1 Å². The number of carbonyl (C=O) groups is 2. The van der Waals surface area contributed by atoms with E-state index in [9.17, 15) is 9.59 Å². The van der Waals surface area contributed by atoms with Crippen LogP contribution in [0.3, 0.4) is 0 Å². The second-order valence-corrected chi connectivity index (χ2v) is 5.78. The van der Waals surface area contributed by atoms with Gasteiger partial charge in [0.2, 0.25) is 0 Å². The Balaban J connectivity index is 2.60. The molecular formula is C10H13BrN2O3S. The standard InChI is InChI=1S/C10H13BrN2O3S/c1-6(10(15)13(2)16-3)12-9(14)7-4-5-8(11)17-7/h4-6H,1-3H3,(H,12,14)/t6-/m1/s1. The molecule has 0 aliphatic carbocycles. The van der Waals surface area contributed by atoms with Crippen LogP contribution in [-0.4, -0.2) is 37.1 Å². The van der Waals surface area contributed by atoms with Crippen LogP contribution in [0.1, 0.15) is 16.6 Å². The number of amides is 2. The minimum atomic E-state index is -0.631. The summed E-state index contributed by atoms with van der Waals surface area (Å²) in [6.07, 6.45) is 0. The van der Waals surface area contributed by atoms with Crippen LogP contribution in [0.15, 0.2) is 15.9 Å². The highest BCUT2D eigenvalue weighted by Crippen LogP contribution is 2.21. The summed E-state index contributed by atoms with van der Waals surface area (Å²) in [4.78, 5) is 28.7. The molecule has 0 bridgehead atoms. The van der Waals surface area contributed by atoms with Crippen molar-refractivity contribution in [2.24, 2.45) is 0 Å². The first-order valence-corrected chi connectivity index (χ1v) is 6.44. The number of nitrogens with zero attached hydrogens (tertiary/aromatic N) is 1. The lowest BCUT2D eigenvalue weighted by molar-refractivity contribution is -0.170. The Kier molecular flexibility index (Phi) is 5.10. The molecule has 0 aliphatic heterocycles. The third-order valence-corrected chi connectivity index (χ3v) is 3.72. The lowest BCUT2D eigenvalue weighted by atomic mass is 10.3. The smallest absolute Gasteiger partial charge is 0.268 e. The third-order valence-electron chi connectivity index (χ3n) is 2.10. The molecule has 94 valence electrons. The molecule has 0 radical (unpaired) electrons. The topological polar surface area (TPSA) is 58.6 Å². The highest BCUT2D eigenvalue weighted by molar-refractivity contribution is 9.11. The minimum Gasteiger partial charge on any atom is -0.340 e. The molecule has 1 rings (SSSR count). The van der Waals surface area contributed by atoms with Crippen LogP contribution in [0.4, 0.5) is 0 Å². The van der Waals surface area contributed by atoms with E-state index < -0.39 is 6.04 Å². The normalized spacial score (nSPS) is 12.0. The Bertz CT molecular complexity index is 421. The third kappa shape index (κ3) is 3.79. The van der Waals surface area contributed by atoms with E-state index in [2.05, 4.69) is 21.2 Å². The van der Waals surface area contributed by atoms with Crippen molar-refractivity contribution in [2.75, 3.05) is 14.2 Å². The molecule has 2 amide bonds. The van der Waals surface area contributed by atoms with Crippen LogP contribution in [-0.2, 0) is 9.63 Å². The molecule has 1 N–H and O–H groups in total. The Labute approximate surface area is 112 Å². The second-order valence-electron chi connectivity index (χ2n) is 3.32. The first-order chi connectivity index (χ1) is 7.95. The lowest BCUT2D eigenvalue weighted by Gasteiger charge is -2.19. The van der Waals surface area contributed by atoms with Crippen LogP contribution >= 0.6 is 27.3 Å². The van der Waals surface area contributed by atoms with Gasteiger partial charge in [0.15, 0.2) is 0 Å². The van der Waals surface area contributed by atoms with E-state index in [-0.39, 0.29) is 11.8 Å². The summed E-state index contributed by atoms with van der Waals surface area (Å²) in [6.45, 7) is 1.61. The lowest BCUT2D eigenvalue weighted by Crippen LogP contribution is -2.45. The average Bonchev–Trinajstić information content (AvgIpc) is 2.73. The number of carbonyl (C=O) groups excluding carboxylic acids is 2. The number of halogens is 1. The summed E-state index contributed by atoms with van der Waals surface area (Å²) < 4.78 is 0.871. The van der Waals surface area contributed by atoms with Gasteiger partial charge in [0, 0.05) is 7.05 Å². The number of hydrogen-bond acceptors (Lipinski definition) is 4. The highest BCUT2D eigenvalue weighted by Gasteiger charge is 2.20. The van der Waals surface area contributed by atoms with Crippen molar-refractivity contribution in [1.82, 2.24) is 10.4 Å². The zero-order valence-electron chi connectivity index (χ0n) is 9.69. The summed E-state index contributed by atoms with van der Waals surface area (Å²) in [6, 6.07) is 2.85. The van der Waals surface area contributed by atoms with Crippen LogP contribution in [0.25, 0.3) is 0 Å². The molecule has 7 heteroatoms. The molecule has 1 atom stereocenters. The molecular weight excluding hydrogens is 308 g/mol. The first-order valence-electron chi connectivity index (χ1n) is 4.83. The van der Waals surface area contributed by atoms with Crippen molar-refractivity contribution in [1.29, 1.82) is 0 Å². The number of nitrogens with one attached hydrogen (secondary N) is 1. The fourth-order valence-corrected chi connectivity index (χ4v) is 2.42. The molecule has 0 fully saturated rings. The Morgan fingerprint density at radius 1 is 1.53 bits per heavy atom. The van der Waals surface area contributed by atoms with Crippen LogP contribution < -0.4 is 5.32 Å². The predicted molar refractivity (Wildman–Crippen MR) is 68.7 cm³/mol. The van der Waals surface area contributed by atoms with Crippen molar-refractivity contribution in [2.45, 2.75) is 13.0 Å². The SMILES string of the molecule is CON(C)C(=O)[C@@H](C)NC(=O)c1ccc(Br)s1. The van der Waals surface area contributed by atoms with Gasteiger partial charge in [-0.3, -0.25) is 14.4 Å². The largest absolute Gasteiger partial charge is 0.340 e. The molecule has 0 spiro atoms. The van der Waals surface area contributed by atoms with E-state index in [0.29, 0.717) is 4.88 Å². The van der Waals surface area contributed by atoms with Crippen LogP contribution in [0.5, 0.6) is 0 Å². The quantitative estimate of drug-likeness (QED) is 0.858. The summed E-state index contributed by atoms with van der Waals surface area (Å²) in [5.41, 5.74) is 0. The summed E-state index contributed by atoms with van der Waals surface area (Å²) in [5.74, 6) is -0.581. The van der Waals surface area contributed by atoms with Gasteiger partial charge < -0.3 is 5.32 Å². The summed E-state index contributed by atoms with van der Waals surface area (Å²) in [7, 11) is 2.88. The van der Waals surface area contributed by atoms with E-state index in [1.807, 2.05) is 0 Å². The zero-order chi connectivity index (χ0) is 13.0. The van der Waals surface area contributed by atoms with Crippen LogP contribution in [0.2, 0.25) is 0 Å². The van der Waals surface area contributed by atoms with Gasteiger partial charge >= 0.3 is 0 Å². The van der Waals surface area contributed by atoms with Gasteiger partial charge in [-0.2, -0.15) is 0 Å². The molecule has 0 aliphatic rings. The molecule has 5 nitrogen and oxygen atoms in total. The van der Waals surface area contributed by atoms with E-state index >= 15 is 0 Å². The molecule has 0 saturated heterocycles. The molecule has 0 unspecified atom stereocenters. The number of rotatable bonds is 4. The van der Waals surface area contributed by atoms with Gasteiger partial charge in [0.1, 0.15) is 6.04 Å². The minimum absolute atomic E-state index is 0.272. The first kappa shape index (κ1) is 14.1. The molecule has 17 heavy (non-hydrogen) atoms. The highest BCUT2D eigenvalue weighted by atomic mass is 79.9. The average molecular weight is 321 g/mol. The predicted octanol–water partition coefficient (Wildman–Crippen LogP) is 1.65. The van der Waals surface area contributed by atoms with Gasteiger partial charge in [-0.05, 0) is 35.0 Å². The maximum atomic E-state index is 11.8. The van der Waals surface area contributed by atoms with Gasteiger partial charge in [-0.1, -0.05) is 0 Å². The summed E-state index contributed by atoms with van der Waals surface area (Å²) in [5, 5.41) is 3.68. The fraction of sp³-hybridized carbons (Fsp3) is 0.400. The second kappa shape index (κ2) is 6.13. The van der Waals surface area contributed by atoms with Crippen molar-refractivity contribution in [3.63, 3.8) is 0 Å².